The summed E-state index contributed by atoms with van der Waals surface area (Å²) in [4.78, 5) is 4.34. The van der Waals surface area contributed by atoms with E-state index in [0.29, 0.717) is 23.4 Å². The summed E-state index contributed by atoms with van der Waals surface area (Å²) in [6.07, 6.45) is 6.78. The number of imidazole rings is 1. The van der Waals surface area contributed by atoms with Gasteiger partial charge in [0.05, 0.1) is 25.6 Å². The molecule has 22 heavy (non-hydrogen) atoms. The van der Waals surface area contributed by atoms with E-state index in [1.165, 1.54) is 0 Å². The maximum atomic E-state index is 6.00. The van der Waals surface area contributed by atoms with Crippen LogP contribution in [0.2, 0.25) is 5.02 Å². The van der Waals surface area contributed by atoms with Crippen molar-refractivity contribution in [3.8, 4) is 23.0 Å². The number of benzene rings is 1. The van der Waals surface area contributed by atoms with Gasteiger partial charge in [-0.15, -0.1) is 6.58 Å². The van der Waals surface area contributed by atoms with Crippen LogP contribution in [-0.2, 0) is 7.05 Å². The first kappa shape index (κ1) is 16.4. The molecule has 5 heteroatoms. The first-order valence-corrected chi connectivity index (χ1v) is 7.64. The highest BCUT2D eigenvalue weighted by molar-refractivity contribution is 6.30. The molecule has 0 unspecified atom stereocenters. The quantitative estimate of drug-likeness (QED) is 0.531. The number of ether oxygens (including phenoxy) is 2. The Bertz CT molecular complexity index is 638. The second kappa shape index (κ2) is 7.90. The van der Waals surface area contributed by atoms with Crippen LogP contribution in [0.25, 0.3) is 11.3 Å². The predicted octanol–water partition coefficient (Wildman–Crippen LogP) is 4.48. The van der Waals surface area contributed by atoms with Crippen LogP contribution in [0.1, 0.15) is 19.3 Å². The summed E-state index contributed by atoms with van der Waals surface area (Å²) < 4.78 is 13.0. The number of halogens is 1. The van der Waals surface area contributed by atoms with Crippen molar-refractivity contribution in [2.75, 3.05) is 13.7 Å². The summed E-state index contributed by atoms with van der Waals surface area (Å²) >= 11 is 6.00. The number of rotatable bonds is 8. The molecule has 118 valence electrons. The van der Waals surface area contributed by atoms with Gasteiger partial charge in [-0.05, 0) is 37.5 Å². The number of hydrogen-bond acceptors (Lipinski definition) is 3. The molecule has 2 aromatic rings. The van der Waals surface area contributed by atoms with Crippen molar-refractivity contribution in [2.45, 2.75) is 19.3 Å². The Hall–Kier alpha value is -1.94. The third-order valence-electron chi connectivity index (χ3n) is 3.42. The zero-order valence-electron chi connectivity index (χ0n) is 13.0. The molecule has 0 spiro atoms. The second-order valence-electron chi connectivity index (χ2n) is 4.96. The molecule has 1 aromatic carbocycles. The van der Waals surface area contributed by atoms with Crippen LogP contribution in [0.4, 0.5) is 0 Å². The fourth-order valence-corrected chi connectivity index (χ4v) is 2.37. The summed E-state index contributed by atoms with van der Waals surface area (Å²) in [5.74, 6) is 0.716. The maximum Gasteiger partial charge on any atom is 0.296 e. The Morgan fingerprint density at radius 2 is 2.18 bits per heavy atom. The molecule has 0 atom stereocenters. The van der Waals surface area contributed by atoms with Gasteiger partial charge in [-0.25, -0.2) is 4.98 Å². The van der Waals surface area contributed by atoms with Gasteiger partial charge in [0.15, 0.2) is 0 Å². The maximum absolute atomic E-state index is 6.00. The van der Waals surface area contributed by atoms with E-state index >= 15 is 0 Å². The lowest BCUT2D eigenvalue weighted by atomic mass is 10.1. The van der Waals surface area contributed by atoms with Crippen LogP contribution < -0.4 is 9.47 Å². The molecular weight excluding hydrogens is 300 g/mol. The highest BCUT2D eigenvalue weighted by atomic mass is 35.5. The van der Waals surface area contributed by atoms with Gasteiger partial charge in [-0.3, -0.25) is 4.57 Å². The van der Waals surface area contributed by atoms with Crippen molar-refractivity contribution < 1.29 is 9.47 Å². The van der Waals surface area contributed by atoms with Crippen LogP contribution in [0.5, 0.6) is 11.8 Å². The van der Waals surface area contributed by atoms with E-state index in [0.717, 1.165) is 30.5 Å². The molecule has 1 heterocycles. The van der Waals surface area contributed by atoms with E-state index in [1.54, 1.807) is 19.4 Å². The lowest BCUT2D eigenvalue weighted by molar-refractivity contribution is 0.275. The van der Waals surface area contributed by atoms with E-state index in [2.05, 4.69) is 11.6 Å². The van der Waals surface area contributed by atoms with Crippen molar-refractivity contribution in [1.29, 1.82) is 0 Å². The Labute approximate surface area is 136 Å². The molecule has 0 N–H and O–H groups in total. The van der Waals surface area contributed by atoms with Gasteiger partial charge < -0.3 is 9.47 Å². The van der Waals surface area contributed by atoms with Crippen LogP contribution in [-0.4, -0.2) is 23.3 Å². The van der Waals surface area contributed by atoms with E-state index in [-0.39, 0.29) is 0 Å². The molecule has 0 radical (unpaired) electrons. The molecule has 0 aliphatic heterocycles. The van der Waals surface area contributed by atoms with Gasteiger partial charge in [-0.2, -0.15) is 0 Å². The third-order valence-corrected chi connectivity index (χ3v) is 3.65. The highest BCUT2D eigenvalue weighted by Crippen LogP contribution is 2.33. The van der Waals surface area contributed by atoms with E-state index in [9.17, 15) is 0 Å². The Morgan fingerprint density at radius 1 is 1.36 bits per heavy atom. The molecule has 0 aliphatic rings. The highest BCUT2D eigenvalue weighted by Gasteiger charge is 2.14. The summed E-state index contributed by atoms with van der Waals surface area (Å²) in [6, 6.07) is 6.15. The van der Waals surface area contributed by atoms with Crippen molar-refractivity contribution in [3.05, 3.63) is 42.1 Å². The van der Waals surface area contributed by atoms with Crippen LogP contribution in [0, 0.1) is 0 Å². The van der Waals surface area contributed by atoms with Crippen molar-refractivity contribution in [2.24, 2.45) is 7.05 Å². The molecule has 0 bridgehead atoms. The molecule has 0 aliphatic carbocycles. The van der Waals surface area contributed by atoms with Gasteiger partial charge in [0.1, 0.15) is 5.75 Å². The number of nitrogens with zero attached hydrogens (tertiary/aromatic N) is 2. The zero-order valence-corrected chi connectivity index (χ0v) is 13.8. The number of methoxy groups -OCH3 is 1. The zero-order chi connectivity index (χ0) is 15.9. The molecule has 0 saturated carbocycles. The molecular formula is C17H21ClN2O2. The smallest absolute Gasteiger partial charge is 0.296 e. The Balaban J connectivity index is 2.12. The van der Waals surface area contributed by atoms with E-state index < -0.39 is 0 Å². The van der Waals surface area contributed by atoms with Crippen molar-refractivity contribution in [3.63, 3.8) is 0 Å². The minimum Gasteiger partial charge on any atom is -0.496 e. The average Bonchev–Trinajstić information content (AvgIpc) is 2.88. The lowest BCUT2D eigenvalue weighted by Gasteiger charge is -2.11. The van der Waals surface area contributed by atoms with Gasteiger partial charge in [-0.1, -0.05) is 17.7 Å². The molecule has 0 amide bonds. The monoisotopic (exact) mass is 320 g/mol. The minimum atomic E-state index is 0.602. The summed E-state index contributed by atoms with van der Waals surface area (Å²) in [7, 11) is 3.55. The molecule has 0 fully saturated rings. The van der Waals surface area contributed by atoms with Gasteiger partial charge in [0.25, 0.3) is 6.01 Å². The number of hydrogen-bond donors (Lipinski definition) is 0. The van der Waals surface area contributed by atoms with E-state index in [1.807, 2.05) is 29.8 Å². The SMILES string of the molecule is C=CCCCCOc1ncc(-c2ccc(Cl)cc2OC)n1C. The first-order chi connectivity index (χ1) is 10.7. The second-order valence-corrected chi connectivity index (χ2v) is 5.40. The Morgan fingerprint density at radius 3 is 2.91 bits per heavy atom. The molecule has 0 saturated heterocycles. The van der Waals surface area contributed by atoms with Gasteiger partial charge >= 0.3 is 0 Å². The minimum absolute atomic E-state index is 0.602. The van der Waals surface area contributed by atoms with Gasteiger partial charge in [0, 0.05) is 17.6 Å². The number of allylic oxidation sites excluding steroid dienone is 1. The third kappa shape index (κ3) is 3.83. The standard InChI is InChI=1S/C17H21ClN2O2/c1-4-5-6-7-10-22-17-19-12-15(20(17)2)14-9-8-13(18)11-16(14)21-3/h4,8-9,11-12H,1,5-7,10H2,2-3H3. The lowest BCUT2D eigenvalue weighted by Crippen LogP contribution is -2.03. The fraction of sp³-hybridized carbons (Fsp3) is 0.353. The van der Waals surface area contributed by atoms with Crippen LogP contribution >= 0.6 is 11.6 Å². The summed E-state index contributed by atoms with van der Waals surface area (Å²) in [5.41, 5.74) is 1.86. The Kier molecular flexibility index (Phi) is 5.90. The van der Waals surface area contributed by atoms with Crippen molar-refractivity contribution in [1.82, 2.24) is 9.55 Å². The molecule has 2 rings (SSSR count). The first-order valence-electron chi connectivity index (χ1n) is 7.26. The fourth-order valence-electron chi connectivity index (χ4n) is 2.21. The predicted molar refractivity (Wildman–Crippen MR) is 89.7 cm³/mol. The van der Waals surface area contributed by atoms with Crippen LogP contribution in [0.15, 0.2) is 37.1 Å². The normalized spacial score (nSPS) is 10.5. The van der Waals surface area contributed by atoms with Gasteiger partial charge in [0.2, 0.25) is 0 Å². The van der Waals surface area contributed by atoms with Crippen molar-refractivity contribution >= 4 is 11.6 Å². The average molecular weight is 321 g/mol. The number of aromatic nitrogens is 2. The summed E-state index contributed by atoms with van der Waals surface area (Å²) in [5, 5.41) is 0.640. The topological polar surface area (TPSA) is 36.3 Å². The molecule has 1 aromatic heterocycles. The van der Waals surface area contributed by atoms with E-state index in [4.69, 9.17) is 21.1 Å². The summed E-state index contributed by atoms with van der Waals surface area (Å²) in [6.45, 7) is 4.36. The van der Waals surface area contributed by atoms with Crippen LogP contribution in [0.3, 0.4) is 0 Å². The number of unbranched alkanes of at least 4 members (excludes halogenated alkanes) is 2. The largest absolute Gasteiger partial charge is 0.496 e. The molecule has 4 nitrogen and oxygen atoms in total.